The predicted octanol–water partition coefficient (Wildman–Crippen LogP) is 1.94. The summed E-state index contributed by atoms with van der Waals surface area (Å²) in [4.78, 5) is 21.3. The van der Waals surface area contributed by atoms with E-state index >= 15 is 0 Å². The lowest BCUT2D eigenvalue weighted by atomic mass is 10.1. The summed E-state index contributed by atoms with van der Waals surface area (Å²) in [7, 11) is 1.19. The van der Waals surface area contributed by atoms with Crippen LogP contribution in [-0.2, 0) is 16.0 Å². The van der Waals surface area contributed by atoms with E-state index in [1.165, 1.54) is 19.2 Å². The molecule has 1 rings (SSSR count). The fourth-order valence-corrected chi connectivity index (χ4v) is 1.70. The van der Waals surface area contributed by atoms with Gasteiger partial charge in [-0.1, -0.05) is 6.07 Å². The second-order valence-electron chi connectivity index (χ2n) is 3.05. The Labute approximate surface area is 105 Å². The molecule has 0 heterocycles. The molecule has 1 aromatic carbocycles. The Morgan fingerprint density at radius 1 is 1.65 bits per heavy atom. The zero-order chi connectivity index (χ0) is 13.0. The molecule has 0 spiro atoms. The van der Waals surface area contributed by atoms with Crippen molar-refractivity contribution in [2.45, 2.75) is 6.42 Å². The van der Waals surface area contributed by atoms with Crippen molar-refractivity contribution in [3.8, 4) is 6.07 Å². The third kappa shape index (κ3) is 2.79. The quantitative estimate of drug-likeness (QED) is 0.483. The zero-order valence-electron chi connectivity index (χ0n) is 8.77. The number of ether oxygens (including phenoxy) is 1. The predicted molar refractivity (Wildman–Crippen MR) is 61.2 cm³/mol. The molecule has 0 saturated heterocycles. The Morgan fingerprint density at radius 2 is 2.29 bits per heavy atom. The maximum absolute atomic E-state index is 11.1. The molecule has 7 heteroatoms. The van der Waals surface area contributed by atoms with Crippen molar-refractivity contribution in [3.05, 3.63) is 37.8 Å². The van der Waals surface area contributed by atoms with Crippen molar-refractivity contribution in [3.63, 3.8) is 0 Å². The minimum atomic E-state index is -0.679. The van der Waals surface area contributed by atoms with Crippen molar-refractivity contribution >= 4 is 27.6 Å². The number of rotatable bonds is 3. The monoisotopic (exact) mass is 298 g/mol. The van der Waals surface area contributed by atoms with Gasteiger partial charge in [-0.05, 0) is 22.0 Å². The largest absolute Gasteiger partial charge is 0.469 e. The average molecular weight is 299 g/mol. The fourth-order valence-electron chi connectivity index (χ4n) is 1.29. The molecular weight excluding hydrogens is 292 g/mol. The summed E-state index contributed by atoms with van der Waals surface area (Å²) in [6.45, 7) is 0. The molecule has 0 unspecified atom stereocenters. The molecule has 0 aliphatic carbocycles. The van der Waals surface area contributed by atoms with Crippen LogP contribution in [0.25, 0.3) is 0 Å². The molecule has 1 aromatic rings. The van der Waals surface area contributed by atoms with Crippen LogP contribution in [0.15, 0.2) is 16.6 Å². The van der Waals surface area contributed by atoms with Gasteiger partial charge in [0, 0.05) is 10.0 Å². The first-order valence-corrected chi connectivity index (χ1v) is 5.23. The molecule has 0 radical (unpaired) electrons. The summed E-state index contributed by atoms with van der Waals surface area (Å²) in [5, 5.41) is 19.8. The van der Waals surface area contributed by atoms with Gasteiger partial charge in [0.15, 0.2) is 0 Å². The van der Waals surface area contributed by atoms with E-state index in [0.29, 0.717) is 4.47 Å². The molecule has 0 aromatic heterocycles. The standard InChI is InChI=1S/C10H7BrN2O4/c1-17-9(14)4-6-2-3-8(11)7(5-12)10(6)13(15)16/h2-3H,4H2,1H3. The highest BCUT2D eigenvalue weighted by atomic mass is 79.9. The van der Waals surface area contributed by atoms with Crippen LogP contribution in [0.3, 0.4) is 0 Å². The molecule has 0 bridgehead atoms. The first-order chi connectivity index (χ1) is 8.01. The number of halogens is 1. The van der Waals surface area contributed by atoms with Crippen LogP contribution >= 0.6 is 15.9 Å². The molecule has 17 heavy (non-hydrogen) atoms. The molecule has 0 atom stereocenters. The third-order valence-corrected chi connectivity index (χ3v) is 2.73. The van der Waals surface area contributed by atoms with Gasteiger partial charge in [-0.15, -0.1) is 0 Å². The van der Waals surface area contributed by atoms with Gasteiger partial charge in [-0.3, -0.25) is 14.9 Å². The number of hydrogen-bond acceptors (Lipinski definition) is 5. The number of methoxy groups -OCH3 is 1. The third-order valence-electron chi connectivity index (χ3n) is 2.07. The van der Waals surface area contributed by atoms with E-state index in [0.717, 1.165) is 0 Å². The minimum absolute atomic E-state index is 0.101. The Morgan fingerprint density at radius 3 is 2.76 bits per heavy atom. The van der Waals surface area contributed by atoms with Crippen LogP contribution in [-0.4, -0.2) is 18.0 Å². The normalized spacial score (nSPS) is 9.47. The minimum Gasteiger partial charge on any atom is -0.469 e. The van der Waals surface area contributed by atoms with E-state index < -0.39 is 10.9 Å². The highest BCUT2D eigenvalue weighted by Gasteiger charge is 2.23. The van der Waals surface area contributed by atoms with Crippen LogP contribution < -0.4 is 0 Å². The number of esters is 1. The van der Waals surface area contributed by atoms with Gasteiger partial charge in [-0.2, -0.15) is 5.26 Å². The summed E-state index contributed by atoms with van der Waals surface area (Å²) in [5.41, 5.74) is -0.315. The number of carbonyl (C=O) groups is 1. The topological polar surface area (TPSA) is 93.2 Å². The van der Waals surface area contributed by atoms with Crippen molar-refractivity contribution in [1.82, 2.24) is 0 Å². The van der Waals surface area contributed by atoms with Gasteiger partial charge in [0.1, 0.15) is 11.6 Å². The molecule has 0 fully saturated rings. The Balaban J connectivity index is 3.37. The lowest BCUT2D eigenvalue weighted by molar-refractivity contribution is -0.385. The first kappa shape index (κ1) is 13.1. The maximum atomic E-state index is 11.1. The number of benzene rings is 1. The van der Waals surface area contributed by atoms with Crippen LogP contribution in [0, 0.1) is 21.4 Å². The summed E-state index contributed by atoms with van der Waals surface area (Å²) < 4.78 is 4.76. The lowest BCUT2D eigenvalue weighted by Crippen LogP contribution is -2.08. The van der Waals surface area contributed by atoms with E-state index in [2.05, 4.69) is 20.7 Å². The molecule has 88 valence electrons. The first-order valence-electron chi connectivity index (χ1n) is 4.44. The van der Waals surface area contributed by atoms with Crippen molar-refractivity contribution in [2.75, 3.05) is 7.11 Å². The Kier molecular flexibility index (Phi) is 4.17. The van der Waals surface area contributed by atoms with E-state index in [1.54, 1.807) is 6.07 Å². The zero-order valence-corrected chi connectivity index (χ0v) is 10.4. The van der Waals surface area contributed by atoms with Crippen molar-refractivity contribution in [1.29, 1.82) is 5.26 Å². The summed E-state index contributed by atoms with van der Waals surface area (Å²) in [6, 6.07) is 4.64. The Bertz CT molecular complexity index is 522. The van der Waals surface area contributed by atoms with Crippen LogP contribution in [0.1, 0.15) is 11.1 Å². The molecular formula is C10H7BrN2O4. The average Bonchev–Trinajstić information content (AvgIpc) is 2.30. The van der Waals surface area contributed by atoms with Gasteiger partial charge in [0.2, 0.25) is 0 Å². The number of nitrogens with zero attached hydrogens (tertiary/aromatic N) is 2. The molecule has 6 nitrogen and oxygen atoms in total. The number of nitriles is 1. The second kappa shape index (κ2) is 5.41. The van der Waals surface area contributed by atoms with Gasteiger partial charge < -0.3 is 4.74 Å². The van der Waals surface area contributed by atoms with E-state index in [9.17, 15) is 14.9 Å². The number of hydrogen-bond donors (Lipinski definition) is 0. The maximum Gasteiger partial charge on any atom is 0.310 e. The summed E-state index contributed by atoms with van der Waals surface area (Å²) in [5.74, 6) is -0.598. The molecule has 0 N–H and O–H groups in total. The Hall–Kier alpha value is -1.94. The van der Waals surface area contributed by atoms with Crippen LogP contribution in [0.2, 0.25) is 0 Å². The molecule has 0 aliphatic rings. The van der Waals surface area contributed by atoms with Crippen LogP contribution in [0.4, 0.5) is 5.69 Å². The highest BCUT2D eigenvalue weighted by molar-refractivity contribution is 9.10. The fraction of sp³-hybridized carbons (Fsp3) is 0.200. The summed E-state index contributed by atoms with van der Waals surface area (Å²) in [6.07, 6.45) is -0.241. The van der Waals surface area contributed by atoms with E-state index in [4.69, 9.17) is 5.26 Å². The number of nitro benzene ring substituents is 1. The molecule has 0 aliphatic heterocycles. The van der Waals surface area contributed by atoms with Crippen molar-refractivity contribution < 1.29 is 14.5 Å². The van der Waals surface area contributed by atoms with Gasteiger partial charge in [0.25, 0.3) is 5.69 Å². The molecule has 0 amide bonds. The lowest BCUT2D eigenvalue weighted by Gasteiger charge is -2.04. The summed E-state index contributed by atoms with van der Waals surface area (Å²) >= 11 is 3.05. The smallest absolute Gasteiger partial charge is 0.310 e. The van der Waals surface area contributed by atoms with Gasteiger partial charge >= 0.3 is 5.97 Å². The van der Waals surface area contributed by atoms with Gasteiger partial charge in [0.05, 0.1) is 18.5 Å². The van der Waals surface area contributed by atoms with Crippen molar-refractivity contribution in [2.24, 2.45) is 0 Å². The molecule has 0 saturated carbocycles. The van der Waals surface area contributed by atoms with E-state index in [-0.39, 0.29) is 23.2 Å². The van der Waals surface area contributed by atoms with Gasteiger partial charge in [-0.25, -0.2) is 0 Å². The number of carbonyl (C=O) groups excluding carboxylic acids is 1. The van der Waals surface area contributed by atoms with Crippen LogP contribution in [0.5, 0.6) is 0 Å². The second-order valence-corrected chi connectivity index (χ2v) is 3.91. The highest BCUT2D eigenvalue weighted by Crippen LogP contribution is 2.30. The SMILES string of the molecule is COC(=O)Cc1ccc(Br)c(C#N)c1[N+](=O)[O-]. The van der Waals surface area contributed by atoms with E-state index in [1.807, 2.05) is 0 Å². The number of nitro groups is 1.